The first-order valence-electron chi connectivity index (χ1n) is 8.92. The van der Waals surface area contributed by atoms with E-state index in [1.165, 1.54) is 5.57 Å². The van der Waals surface area contributed by atoms with Gasteiger partial charge in [-0.1, -0.05) is 18.6 Å². The Hall–Kier alpha value is -1.62. The third-order valence-electron chi connectivity index (χ3n) is 7.41. The Morgan fingerprint density at radius 1 is 1.22 bits per heavy atom. The third-order valence-corrected chi connectivity index (χ3v) is 7.41. The van der Waals surface area contributed by atoms with Gasteiger partial charge < -0.3 is 0 Å². The molecule has 0 amide bonds. The molecule has 4 aliphatic carbocycles. The summed E-state index contributed by atoms with van der Waals surface area (Å²) in [5.74, 6) is 5.03. The first-order valence-corrected chi connectivity index (χ1v) is 8.92. The standard InChI is InChI=1S/C21H24O2/c1-3-10-21-12-8-15(22)13-14(21)4-5-16-17-6-7-19(23)20(17,2)11-9-18(16)21/h1,8,12-13,16-18H,4-7,9-11H2,2H3/t16?,17?,18?,20-,21-/m0/s1. The summed E-state index contributed by atoms with van der Waals surface area (Å²) >= 11 is 0. The lowest BCUT2D eigenvalue weighted by Crippen LogP contribution is -2.50. The number of terminal acetylenes is 1. The predicted octanol–water partition coefficient (Wildman–Crippen LogP) is 3.87. The van der Waals surface area contributed by atoms with Crippen LogP contribution in [0.1, 0.15) is 51.9 Å². The molecule has 0 heterocycles. The smallest absolute Gasteiger partial charge is 0.178 e. The van der Waals surface area contributed by atoms with E-state index in [1.54, 1.807) is 6.08 Å². The molecule has 23 heavy (non-hydrogen) atoms. The minimum absolute atomic E-state index is 0.0998. The summed E-state index contributed by atoms with van der Waals surface area (Å²) in [4.78, 5) is 24.3. The van der Waals surface area contributed by atoms with E-state index in [1.807, 2.05) is 6.08 Å². The maximum Gasteiger partial charge on any atom is 0.178 e. The predicted molar refractivity (Wildman–Crippen MR) is 89.4 cm³/mol. The van der Waals surface area contributed by atoms with Crippen molar-refractivity contribution in [3.05, 3.63) is 23.8 Å². The number of hydrogen-bond donors (Lipinski definition) is 0. The first kappa shape index (κ1) is 14.9. The van der Waals surface area contributed by atoms with Crippen LogP contribution in [0.4, 0.5) is 0 Å². The molecule has 2 nitrogen and oxygen atoms in total. The van der Waals surface area contributed by atoms with Crippen molar-refractivity contribution in [1.82, 2.24) is 0 Å². The van der Waals surface area contributed by atoms with Crippen molar-refractivity contribution < 1.29 is 9.59 Å². The molecule has 0 aromatic rings. The summed E-state index contributed by atoms with van der Waals surface area (Å²) in [6, 6.07) is 0. The fourth-order valence-electron chi connectivity index (χ4n) is 6.25. The van der Waals surface area contributed by atoms with Crippen LogP contribution in [0.25, 0.3) is 0 Å². The number of Topliss-reactive ketones (excluding diaryl/α,β-unsaturated/α-hetero) is 1. The zero-order valence-corrected chi connectivity index (χ0v) is 13.8. The minimum Gasteiger partial charge on any atom is -0.299 e. The zero-order chi connectivity index (χ0) is 16.2. The quantitative estimate of drug-likeness (QED) is 0.689. The van der Waals surface area contributed by atoms with Gasteiger partial charge in [-0.05, 0) is 62.0 Å². The van der Waals surface area contributed by atoms with Gasteiger partial charge in [0.15, 0.2) is 5.78 Å². The molecule has 3 fully saturated rings. The van der Waals surface area contributed by atoms with Gasteiger partial charge in [-0.15, -0.1) is 12.3 Å². The molecule has 4 rings (SSSR count). The SMILES string of the molecule is C#CC[C@]12C=CC(=O)C=C1CCC1C3CCC(=O)[C@@]3(C)CCC12. The number of carbonyl (C=O) groups excluding carboxylic acids is 2. The summed E-state index contributed by atoms with van der Waals surface area (Å²) in [6.07, 6.45) is 18.0. The van der Waals surface area contributed by atoms with E-state index >= 15 is 0 Å². The second kappa shape index (κ2) is 4.94. The highest BCUT2D eigenvalue weighted by molar-refractivity contribution is 6.01. The fourth-order valence-corrected chi connectivity index (χ4v) is 6.25. The Morgan fingerprint density at radius 2 is 2.04 bits per heavy atom. The Kier molecular flexibility index (Phi) is 3.21. The Bertz CT molecular complexity index is 676. The van der Waals surface area contributed by atoms with Crippen molar-refractivity contribution in [2.24, 2.45) is 28.6 Å². The topological polar surface area (TPSA) is 34.1 Å². The molecule has 0 saturated heterocycles. The number of rotatable bonds is 1. The van der Waals surface area contributed by atoms with Gasteiger partial charge in [0.05, 0.1) is 0 Å². The van der Waals surface area contributed by atoms with Crippen LogP contribution in [0.15, 0.2) is 23.8 Å². The van der Waals surface area contributed by atoms with Gasteiger partial charge in [0.2, 0.25) is 0 Å². The summed E-state index contributed by atoms with van der Waals surface area (Å²) < 4.78 is 0. The molecule has 3 unspecified atom stereocenters. The van der Waals surface area contributed by atoms with Crippen molar-refractivity contribution in [1.29, 1.82) is 0 Å². The van der Waals surface area contributed by atoms with Crippen LogP contribution in [-0.2, 0) is 9.59 Å². The fraction of sp³-hybridized carbons (Fsp3) is 0.619. The molecule has 0 radical (unpaired) electrons. The van der Waals surface area contributed by atoms with Crippen LogP contribution in [0.5, 0.6) is 0 Å². The summed E-state index contributed by atoms with van der Waals surface area (Å²) in [6.45, 7) is 2.20. The van der Waals surface area contributed by atoms with Crippen LogP contribution in [0.2, 0.25) is 0 Å². The van der Waals surface area contributed by atoms with Crippen LogP contribution < -0.4 is 0 Å². The van der Waals surface area contributed by atoms with Crippen LogP contribution in [-0.4, -0.2) is 11.6 Å². The van der Waals surface area contributed by atoms with Gasteiger partial charge in [0, 0.05) is 23.7 Å². The molecule has 3 saturated carbocycles. The van der Waals surface area contributed by atoms with E-state index in [9.17, 15) is 9.59 Å². The molecule has 2 heteroatoms. The molecule has 0 bridgehead atoms. The highest BCUT2D eigenvalue weighted by Crippen LogP contribution is 2.64. The second-order valence-electron chi connectivity index (χ2n) is 8.16. The van der Waals surface area contributed by atoms with Crippen LogP contribution in [0, 0.1) is 40.9 Å². The number of fused-ring (bicyclic) bond motifs is 5. The highest BCUT2D eigenvalue weighted by atomic mass is 16.1. The Morgan fingerprint density at radius 3 is 2.83 bits per heavy atom. The van der Waals surface area contributed by atoms with Gasteiger partial charge in [-0.3, -0.25) is 9.59 Å². The Balaban J connectivity index is 1.76. The Labute approximate surface area is 138 Å². The molecule has 0 aromatic carbocycles. The summed E-state index contributed by atoms with van der Waals surface area (Å²) in [5.41, 5.74) is 1.02. The molecule has 0 aromatic heterocycles. The largest absolute Gasteiger partial charge is 0.299 e. The maximum atomic E-state index is 12.4. The second-order valence-corrected chi connectivity index (χ2v) is 8.16. The monoisotopic (exact) mass is 308 g/mol. The lowest BCUT2D eigenvalue weighted by atomic mass is 9.47. The molecular formula is C21H24O2. The van der Waals surface area contributed by atoms with Crippen LogP contribution in [0.3, 0.4) is 0 Å². The minimum atomic E-state index is -0.126. The molecule has 0 aliphatic heterocycles. The molecule has 0 spiro atoms. The van der Waals surface area contributed by atoms with E-state index in [0.29, 0.717) is 30.0 Å². The maximum absolute atomic E-state index is 12.4. The zero-order valence-electron chi connectivity index (χ0n) is 13.8. The van der Waals surface area contributed by atoms with Crippen molar-refractivity contribution >= 4 is 11.6 Å². The van der Waals surface area contributed by atoms with E-state index in [2.05, 4.69) is 18.9 Å². The average Bonchev–Trinajstić information content (AvgIpc) is 2.84. The molecule has 0 N–H and O–H groups in total. The van der Waals surface area contributed by atoms with Gasteiger partial charge in [-0.25, -0.2) is 0 Å². The first-order chi connectivity index (χ1) is 11.0. The number of hydrogen-bond acceptors (Lipinski definition) is 2. The van der Waals surface area contributed by atoms with Gasteiger partial charge in [0.25, 0.3) is 0 Å². The van der Waals surface area contributed by atoms with E-state index < -0.39 is 0 Å². The van der Waals surface area contributed by atoms with Gasteiger partial charge in [0.1, 0.15) is 5.78 Å². The van der Waals surface area contributed by atoms with Crippen molar-refractivity contribution in [2.75, 3.05) is 0 Å². The lowest BCUT2D eigenvalue weighted by molar-refractivity contribution is -0.131. The normalized spacial score (nSPS) is 44.9. The third kappa shape index (κ3) is 1.89. The van der Waals surface area contributed by atoms with Crippen LogP contribution >= 0.6 is 0 Å². The summed E-state index contributed by atoms with van der Waals surface area (Å²) in [7, 11) is 0. The number of ketones is 2. The van der Waals surface area contributed by atoms with E-state index in [0.717, 1.165) is 38.5 Å². The van der Waals surface area contributed by atoms with E-state index in [-0.39, 0.29) is 16.6 Å². The van der Waals surface area contributed by atoms with Crippen molar-refractivity contribution in [2.45, 2.75) is 51.9 Å². The average molecular weight is 308 g/mol. The number of allylic oxidation sites excluding steroid dienone is 4. The molecule has 4 aliphatic rings. The molecule has 5 atom stereocenters. The van der Waals surface area contributed by atoms with Crippen molar-refractivity contribution in [3.8, 4) is 12.3 Å². The highest BCUT2D eigenvalue weighted by Gasteiger charge is 2.59. The van der Waals surface area contributed by atoms with Crippen molar-refractivity contribution in [3.63, 3.8) is 0 Å². The molecular weight excluding hydrogens is 284 g/mol. The summed E-state index contributed by atoms with van der Waals surface area (Å²) in [5, 5.41) is 0. The lowest BCUT2D eigenvalue weighted by Gasteiger charge is -2.56. The van der Waals surface area contributed by atoms with E-state index in [4.69, 9.17) is 6.42 Å². The molecule has 120 valence electrons. The van der Waals surface area contributed by atoms with Gasteiger partial charge in [-0.2, -0.15) is 0 Å². The van der Waals surface area contributed by atoms with Gasteiger partial charge >= 0.3 is 0 Å². The number of carbonyl (C=O) groups is 2.